The van der Waals surface area contributed by atoms with Gasteiger partial charge in [-0.25, -0.2) is 4.79 Å². The second-order valence-corrected chi connectivity index (χ2v) is 3.62. The van der Waals surface area contributed by atoms with Crippen molar-refractivity contribution in [2.75, 3.05) is 13.7 Å². The molecule has 0 bridgehead atoms. The third kappa shape index (κ3) is 2.33. The van der Waals surface area contributed by atoms with Gasteiger partial charge < -0.3 is 15.2 Å². The zero-order chi connectivity index (χ0) is 12.2. The number of hydrogen-bond acceptors (Lipinski definition) is 4. The molecule has 0 spiro atoms. The maximum Gasteiger partial charge on any atom is 0.330 e. The molecule has 1 unspecified atom stereocenters. The number of nitrogens with two attached hydrogens (primary N) is 1. The van der Waals surface area contributed by atoms with Gasteiger partial charge in [-0.3, -0.25) is 0 Å². The van der Waals surface area contributed by atoms with Crippen molar-refractivity contribution < 1.29 is 14.3 Å². The van der Waals surface area contributed by atoms with Crippen LogP contribution >= 0.6 is 0 Å². The van der Waals surface area contributed by atoms with Crippen molar-refractivity contribution in [1.29, 1.82) is 0 Å². The smallest absolute Gasteiger partial charge is 0.330 e. The van der Waals surface area contributed by atoms with E-state index in [1.54, 1.807) is 19.1 Å². The van der Waals surface area contributed by atoms with Gasteiger partial charge in [-0.2, -0.15) is 0 Å². The molecule has 0 aliphatic carbocycles. The average molecular weight is 223 g/mol. The maximum atomic E-state index is 11.6. The molecule has 0 saturated heterocycles. The minimum atomic E-state index is -1.19. The van der Waals surface area contributed by atoms with Crippen molar-refractivity contribution in [2.45, 2.75) is 19.4 Å². The second kappa shape index (κ2) is 4.99. The lowest BCUT2D eigenvalue weighted by molar-refractivity contribution is -0.146. The Bertz CT molecular complexity index is 374. The largest absolute Gasteiger partial charge is 0.494 e. The van der Waals surface area contributed by atoms with Crippen LogP contribution in [-0.2, 0) is 15.1 Å². The minimum Gasteiger partial charge on any atom is -0.494 e. The lowest BCUT2D eigenvalue weighted by atomic mass is 9.92. The molecule has 0 saturated carbocycles. The van der Waals surface area contributed by atoms with Crippen LogP contribution in [0.15, 0.2) is 24.3 Å². The van der Waals surface area contributed by atoms with E-state index in [9.17, 15) is 4.79 Å². The molecule has 0 aliphatic rings. The van der Waals surface area contributed by atoms with Crippen LogP contribution in [0.3, 0.4) is 0 Å². The van der Waals surface area contributed by atoms with Gasteiger partial charge >= 0.3 is 5.97 Å². The number of rotatable bonds is 4. The van der Waals surface area contributed by atoms with E-state index in [4.69, 9.17) is 10.5 Å². The zero-order valence-corrected chi connectivity index (χ0v) is 9.82. The van der Waals surface area contributed by atoms with Crippen LogP contribution in [0, 0.1) is 0 Å². The molecule has 4 heteroatoms. The summed E-state index contributed by atoms with van der Waals surface area (Å²) in [4.78, 5) is 11.6. The molecule has 1 rings (SSSR count). The predicted molar refractivity (Wildman–Crippen MR) is 61.2 cm³/mol. The monoisotopic (exact) mass is 223 g/mol. The molecule has 2 N–H and O–H groups in total. The first kappa shape index (κ1) is 12.5. The number of carbonyl (C=O) groups is 1. The van der Waals surface area contributed by atoms with Crippen LogP contribution in [0.4, 0.5) is 0 Å². The number of carbonyl (C=O) groups excluding carboxylic acids is 1. The molecule has 1 aromatic rings. The third-order valence-electron chi connectivity index (χ3n) is 2.36. The van der Waals surface area contributed by atoms with Crippen molar-refractivity contribution in [2.24, 2.45) is 5.73 Å². The molecular weight excluding hydrogens is 206 g/mol. The summed E-state index contributed by atoms with van der Waals surface area (Å²) >= 11 is 0. The summed E-state index contributed by atoms with van der Waals surface area (Å²) in [6, 6.07) is 7.20. The van der Waals surface area contributed by atoms with E-state index in [2.05, 4.69) is 4.74 Å². The lowest BCUT2D eigenvalue weighted by Gasteiger charge is -2.24. The van der Waals surface area contributed by atoms with Crippen LogP contribution in [0.5, 0.6) is 5.75 Å². The molecule has 0 aliphatic heterocycles. The molecular formula is C12H17NO3. The first-order valence-corrected chi connectivity index (χ1v) is 5.13. The van der Waals surface area contributed by atoms with E-state index in [-0.39, 0.29) is 0 Å². The minimum absolute atomic E-state index is 0.486. The van der Waals surface area contributed by atoms with Crippen molar-refractivity contribution in [3.8, 4) is 5.75 Å². The Morgan fingerprint density at radius 1 is 1.44 bits per heavy atom. The summed E-state index contributed by atoms with van der Waals surface area (Å²) in [5.74, 6) is 0.125. The van der Waals surface area contributed by atoms with Crippen molar-refractivity contribution in [3.63, 3.8) is 0 Å². The Labute approximate surface area is 95.3 Å². The van der Waals surface area contributed by atoms with Gasteiger partial charge in [-0.05, 0) is 19.9 Å². The van der Waals surface area contributed by atoms with Gasteiger partial charge in [0.05, 0.1) is 13.7 Å². The lowest BCUT2D eigenvalue weighted by Crippen LogP contribution is -2.43. The van der Waals surface area contributed by atoms with E-state index in [1.165, 1.54) is 7.11 Å². The Morgan fingerprint density at radius 3 is 2.62 bits per heavy atom. The Hall–Kier alpha value is -1.55. The Balaban J connectivity index is 3.15. The van der Waals surface area contributed by atoms with Gasteiger partial charge in [0.25, 0.3) is 0 Å². The van der Waals surface area contributed by atoms with Gasteiger partial charge in [0.1, 0.15) is 11.3 Å². The van der Waals surface area contributed by atoms with Crippen LogP contribution in [0.25, 0.3) is 0 Å². The van der Waals surface area contributed by atoms with Crippen LogP contribution in [0.2, 0.25) is 0 Å². The van der Waals surface area contributed by atoms with Crippen molar-refractivity contribution in [1.82, 2.24) is 0 Å². The molecule has 0 fully saturated rings. The van der Waals surface area contributed by atoms with Crippen LogP contribution in [0.1, 0.15) is 19.4 Å². The number of hydrogen-bond donors (Lipinski definition) is 1. The summed E-state index contributed by atoms with van der Waals surface area (Å²) in [6.07, 6.45) is 0. The van der Waals surface area contributed by atoms with Crippen LogP contribution < -0.4 is 10.5 Å². The summed E-state index contributed by atoms with van der Waals surface area (Å²) < 4.78 is 10.1. The zero-order valence-electron chi connectivity index (χ0n) is 9.82. The first-order chi connectivity index (χ1) is 7.54. The number of para-hydroxylation sites is 1. The molecule has 16 heavy (non-hydrogen) atoms. The van der Waals surface area contributed by atoms with Gasteiger partial charge in [-0.15, -0.1) is 0 Å². The molecule has 4 nitrogen and oxygen atoms in total. The number of ether oxygens (including phenoxy) is 2. The SMILES string of the molecule is CCOc1ccccc1C(C)(N)C(=O)OC. The van der Waals surface area contributed by atoms with E-state index in [1.807, 2.05) is 19.1 Å². The Morgan fingerprint density at radius 2 is 2.06 bits per heavy atom. The highest BCUT2D eigenvalue weighted by atomic mass is 16.5. The van der Waals surface area contributed by atoms with E-state index >= 15 is 0 Å². The van der Waals surface area contributed by atoms with E-state index in [0.29, 0.717) is 17.9 Å². The maximum absolute atomic E-state index is 11.6. The van der Waals surface area contributed by atoms with Crippen molar-refractivity contribution in [3.05, 3.63) is 29.8 Å². The molecule has 0 aromatic heterocycles. The molecule has 0 radical (unpaired) electrons. The molecule has 88 valence electrons. The average Bonchev–Trinajstić information content (AvgIpc) is 2.29. The van der Waals surface area contributed by atoms with E-state index in [0.717, 1.165) is 0 Å². The highest BCUT2D eigenvalue weighted by Crippen LogP contribution is 2.28. The van der Waals surface area contributed by atoms with Crippen molar-refractivity contribution >= 4 is 5.97 Å². The summed E-state index contributed by atoms with van der Waals surface area (Å²) in [5, 5.41) is 0. The fraction of sp³-hybridized carbons (Fsp3) is 0.417. The molecule has 0 heterocycles. The van der Waals surface area contributed by atoms with Gasteiger partial charge in [0.15, 0.2) is 0 Å². The van der Waals surface area contributed by atoms with Gasteiger partial charge in [0, 0.05) is 5.56 Å². The topological polar surface area (TPSA) is 61.5 Å². The van der Waals surface area contributed by atoms with Gasteiger partial charge in [0.2, 0.25) is 0 Å². The molecule has 1 atom stereocenters. The standard InChI is InChI=1S/C12H17NO3/c1-4-16-10-8-6-5-7-9(10)12(2,13)11(14)15-3/h5-8H,4,13H2,1-3H3. The number of benzene rings is 1. The molecule has 0 amide bonds. The summed E-state index contributed by atoms with van der Waals surface area (Å²) in [6.45, 7) is 4.01. The number of esters is 1. The fourth-order valence-electron chi connectivity index (χ4n) is 1.50. The summed E-state index contributed by atoms with van der Waals surface area (Å²) in [7, 11) is 1.32. The first-order valence-electron chi connectivity index (χ1n) is 5.13. The molecule has 1 aromatic carbocycles. The summed E-state index contributed by atoms with van der Waals surface area (Å²) in [5.41, 5.74) is 5.40. The number of methoxy groups -OCH3 is 1. The van der Waals surface area contributed by atoms with Crippen LogP contribution in [-0.4, -0.2) is 19.7 Å². The second-order valence-electron chi connectivity index (χ2n) is 3.62. The van der Waals surface area contributed by atoms with E-state index < -0.39 is 11.5 Å². The highest BCUT2D eigenvalue weighted by Gasteiger charge is 2.34. The fourth-order valence-corrected chi connectivity index (χ4v) is 1.50. The Kier molecular flexibility index (Phi) is 3.90. The highest BCUT2D eigenvalue weighted by molar-refractivity contribution is 5.82. The van der Waals surface area contributed by atoms with Gasteiger partial charge in [-0.1, -0.05) is 18.2 Å². The predicted octanol–water partition coefficient (Wildman–Crippen LogP) is 1.43. The third-order valence-corrected chi connectivity index (χ3v) is 2.36. The normalized spacial score (nSPS) is 14.0. The quantitative estimate of drug-likeness (QED) is 0.784.